The van der Waals surface area contributed by atoms with Crippen LogP contribution in [0.15, 0.2) is 28.8 Å². The molecule has 1 aromatic heterocycles. The van der Waals surface area contributed by atoms with E-state index in [9.17, 15) is 9.59 Å². The van der Waals surface area contributed by atoms with Gasteiger partial charge in [-0.15, -0.1) is 0 Å². The Morgan fingerprint density at radius 2 is 1.90 bits per heavy atom. The van der Waals surface area contributed by atoms with Crippen LogP contribution in [0.1, 0.15) is 55.7 Å². The molecule has 29 heavy (non-hydrogen) atoms. The zero-order valence-corrected chi connectivity index (χ0v) is 17.2. The summed E-state index contributed by atoms with van der Waals surface area (Å²) < 4.78 is 10.7. The van der Waals surface area contributed by atoms with Crippen LogP contribution in [0.25, 0.3) is 0 Å². The summed E-state index contributed by atoms with van der Waals surface area (Å²) in [6.07, 6.45) is 2.72. The zero-order valence-electron chi connectivity index (χ0n) is 17.2. The Labute approximate surface area is 170 Å². The fraction of sp³-hybridized carbons (Fsp3) is 0.524. The Bertz CT molecular complexity index is 825. The highest BCUT2D eigenvalue weighted by Crippen LogP contribution is 2.16. The van der Waals surface area contributed by atoms with E-state index in [0.717, 1.165) is 25.9 Å². The van der Waals surface area contributed by atoms with Crippen molar-refractivity contribution in [3.05, 3.63) is 41.5 Å². The topological polar surface area (TPSA) is 97.6 Å². The van der Waals surface area contributed by atoms with Gasteiger partial charge in [-0.3, -0.25) is 9.59 Å². The number of benzene rings is 1. The minimum absolute atomic E-state index is 0.00244. The lowest BCUT2D eigenvalue weighted by molar-refractivity contribution is -0.133. The van der Waals surface area contributed by atoms with Crippen LogP contribution in [-0.4, -0.2) is 46.0 Å². The molecule has 0 bridgehead atoms. The van der Waals surface area contributed by atoms with E-state index >= 15 is 0 Å². The third-order valence-corrected chi connectivity index (χ3v) is 4.93. The van der Waals surface area contributed by atoms with Crippen molar-refractivity contribution in [1.29, 1.82) is 0 Å². The van der Waals surface area contributed by atoms with Crippen molar-refractivity contribution >= 4 is 11.8 Å². The number of hydrogen-bond acceptors (Lipinski definition) is 6. The number of rotatable bonds is 8. The lowest BCUT2D eigenvalue weighted by Crippen LogP contribution is -2.50. The number of aryl methyl sites for hydroxylation is 1. The van der Waals surface area contributed by atoms with Crippen molar-refractivity contribution in [2.75, 3.05) is 13.1 Å². The average molecular weight is 400 g/mol. The van der Waals surface area contributed by atoms with Gasteiger partial charge in [-0.2, -0.15) is 4.98 Å². The third-order valence-electron chi connectivity index (χ3n) is 4.93. The van der Waals surface area contributed by atoms with Gasteiger partial charge in [-0.05, 0) is 43.0 Å². The highest BCUT2D eigenvalue weighted by molar-refractivity contribution is 5.97. The Morgan fingerprint density at radius 3 is 2.48 bits per heavy atom. The molecule has 1 aromatic carbocycles. The van der Waals surface area contributed by atoms with Gasteiger partial charge in [0.25, 0.3) is 5.91 Å². The summed E-state index contributed by atoms with van der Waals surface area (Å²) in [5, 5.41) is 6.73. The van der Waals surface area contributed by atoms with Gasteiger partial charge in [0, 0.05) is 25.1 Å². The predicted octanol–water partition coefficient (Wildman–Crippen LogP) is 2.59. The van der Waals surface area contributed by atoms with Crippen molar-refractivity contribution < 1.29 is 18.8 Å². The Morgan fingerprint density at radius 1 is 1.21 bits per heavy atom. The number of hydrogen-bond donors (Lipinski definition) is 1. The van der Waals surface area contributed by atoms with E-state index in [1.807, 2.05) is 25.7 Å². The third kappa shape index (κ3) is 5.34. The highest BCUT2D eigenvalue weighted by Gasteiger charge is 2.30. The summed E-state index contributed by atoms with van der Waals surface area (Å²) in [7, 11) is 0. The van der Waals surface area contributed by atoms with Crippen LogP contribution in [0.2, 0.25) is 0 Å². The molecule has 0 spiro atoms. The van der Waals surface area contributed by atoms with E-state index in [1.165, 1.54) is 0 Å². The smallest absolute Gasteiger partial charge is 0.251 e. The van der Waals surface area contributed by atoms with Gasteiger partial charge in [0.2, 0.25) is 17.6 Å². The second kappa shape index (κ2) is 9.54. The molecule has 1 aliphatic heterocycles. The van der Waals surface area contributed by atoms with Crippen LogP contribution in [-0.2, 0) is 17.8 Å². The molecule has 1 fully saturated rings. The first-order chi connectivity index (χ1) is 14.0. The second-order valence-electron chi connectivity index (χ2n) is 7.50. The molecular formula is C21H28N4O4. The van der Waals surface area contributed by atoms with Gasteiger partial charge in [-0.25, -0.2) is 0 Å². The minimum atomic E-state index is -0.525. The number of carbonyl (C=O) groups excluding carboxylic acids is 2. The molecule has 3 rings (SSSR count). The van der Waals surface area contributed by atoms with Crippen molar-refractivity contribution in [2.45, 2.75) is 52.7 Å². The molecule has 8 heteroatoms. The average Bonchev–Trinajstić information content (AvgIpc) is 3.42. The largest absolute Gasteiger partial charge is 0.485 e. The van der Waals surface area contributed by atoms with E-state index in [-0.39, 0.29) is 24.3 Å². The molecule has 1 aliphatic rings. The highest BCUT2D eigenvalue weighted by atomic mass is 16.5. The number of likely N-dealkylation sites (tertiary alicyclic amines) is 1. The predicted molar refractivity (Wildman–Crippen MR) is 106 cm³/mol. The number of carbonyl (C=O) groups is 2. The molecule has 1 atom stereocenters. The SMILES string of the molecule is CCc1nc(COc2ccc(C(=O)N[C@H](C(=O)N3CCCC3)C(C)C)cc2)no1. The molecule has 0 aliphatic carbocycles. The fourth-order valence-corrected chi connectivity index (χ4v) is 3.22. The molecule has 8 nitrogen and oxygen atoms in total. The molecule has 0 radical (unpaired) electrons. The van der Waals surface area contributed by atoms with Crippen molar-refractivity contribution in [3.8, 4) is 5.75 Å². The van der Waals surface area contributed by atoms with Crippen LogP contribution in [0.4, 0.5) is 0 Å². The van der Waals surface area contributed by atoms with Crippen molar-refractivity contribution in [2.24, 2.45) is 5.92 Å². The van der Waals surface area contributed by atoms with Gasteiger partial charge < -0.3 is 19.5 Å². The van der Waals surface area contributed by atoms with Crippen LogP contribution < -0.4 is 10.1 Å². The number of nitrogens with one attached hydrogen (secondary N) is 1. The Kier molecular flexibility index (Phi) is 6.85. The van der Waals surface area contributed by atoms with E-state index in [0.29, 0.717) is 29.4 Å². The van der Waals surface area contributed by atoms with E-state index in [1.54, 1.807) is 24.3 Å². The molecule has 156 valence electrons. The first-order valence-corrected chi connectivity index (χ1v) is 10.1. The van der Waals surface area contributed by atoms with Crippen molar-refractivity contribution in [1.82, 2.24) is 20.4 Å². The lowest BCUT2D eigenvalue weighted by atomic mass is 10.0. The van der Waals surface area contributed by atoms with Crippen LogP contribution in [0.3, 0.4) is 0 Å². The normalized spacial score (nSPS) is 14.8. The van der Waals surface area contributed by atoms with E-state index in [4.69, 9.17) is 9.26 Å². The monoisotopic (exact) mass is 400 g/mol. The van der Waals surface area contributed by atoms with Crippen molar-refractivity contribution in [3.63, 3.8) is 0 Å². The Balaban J connectivity index is 1.57. The van der Waals surface area contributed by atoms with E-state index in [2.05, 4.69) is 15.5 Å². The standard InChI is InChI=1S/C21H28N4O4/c1-4-18-22-17(24-29-18)13-28-16-9-7-15(8-10-16)20(26)23-19(14(2)3)21(27)25-11-5-6-12-25/h7-10,14,19H,4-6,11-13H2,1-3H3,(H,23,26)/t19-/m0/s1. The first-order valence-electron chi connectivity index (χ1n) is 10.1. The maximum atomic E-state index is 12.7. The fourth-order valence-electron chi connectivity index (χ4n) is 3.22. The quantitative estimate of drug-likeness (QED) is 0.731. The number of nitrogens with zero attached hydrogens (tertiary/aromatic N) is 3. The van der Waals surface area contributed by atoms with Crippen LogP contribution in [0.5, 0.6) is 5.75 Å². The zero-order chi connectivity index (χ0) is 20.8. The van der Waals surface area contributed by atoms with Crippen LogP contribution >= 0.6 is 0 Å². The maximum absolute atomic E-state index is 12.7. The molecule has 1 N–H and O–H groups in total. The summed E-state index contributed by atoms with van der Waals surface area (Å²) >= 11 is 0. The van der Waals surface area contributed by atoms with Gasteiger partial charge in [0.15, 0.2) is 6.61 Å². The summed E-state index contributed by atoms with van der Waals surface area (Å²) in [5.74, 6) is 1.38. The molecule has 2 aromatic rings. The van der Waals surface area contributed by atoms with E-state index < -0.39 is 6.04 Å². The molecule has 2 amide bonds. The molecular weight excluding hydrogens is 372 g/mol. The number of ether oxygens (including phenoxy) is 1. The second-order valence-corrected chi connectivity index (χ2v) is 7.50. The molecule has 0 unspecified atom stereocenters. The van der Waals surface area contributed by atoms with Crippen LogP contribution in [0, 0.1) is 5.92 Å². The number of aromatic nitrogens is 2. The summed E-state index contributed by atoms with van der Waals surface area (Å²) in [6.45, 7) is 7.54. The summed E-state index contributed by atoms with van der Waals surface area (Å²) in [5.41, 5.74) is 0.477. The van der Waals surface area contributed by atoms with Gasteiger partial charge >= 0.3 is 0 Å². The first kappa shape index (κ1) is 20.8. The van der Waals surface area contributed by atoms with Gasteiger partial charge in [0.05, 0.1) is 0 Å². The minimum Gasteiger partial charge on any atom is -0.485 e. The molecule has 2 heterocycles. The van der Waals surface area contributed by atoms with Gasteiger partial charge in [0.1, 0.15) is 11.8 Å². The Hall–Kier alpha value is -2.90. The molecule has 0 saturated carbocycles. The lowest BCUT2D eigenvalue weighted by Gasteiger charge is -2.26. The van der Waals surface area contributed by atoms with Gasteiger partial charge in [-0.1, -0.05) is 25.9 Å². The molecule has 1 saturated heterocycles. The summed E-state index contributed by atoms with van der Waals surface area (Å²) in [4.78, 5) is 31.4. The maximum Gasteiger partial charge on any atom is 0.251 e. The number of amides is 2. The summed E-state index contributed by atoms with van der Waals surface area (Å²) in [6, 6.07) is 6.25.